The van der Waals surface area contributed by atoms with Crippen LogP contribution in [-0.4, -0.2) is 46.5 Å². The van der Waals surface area contributed by atoms with Gasteiger partial charge in [-0.3, -0.25) is 0 Å². The highest BCUT2D eigenvalue weighted by Crippen LogP contribution is 2.51. The molecule has 2 rings (SSSR count). The lowest BCUT2D eigenvalue weighted by Gasteiger charge is -2.14. The van der Waals surface area contributed by atoms with Gasteiger partial charge >= 0.3 is 0 Å². The molecule has 0 aliphatic heterocycles. The van der Waals surface area contributed by atoms with Crippen LogP contribution in [0.3, 0.4) is 0 Å². The molecule has 0 unspecified atom stereocenters. The zero-order valence-corrected chi connectivity index (χ0v) is 11.9. The molecule has 1 aliphatic carbocycles. The molecule has 0 atom stereocenters. The minimum Gasteiger partial charge on any atom is -0.354 e. The third-order valence-corrected chi connectivity index (χ3v) is 4.57. The highest BCUT2D eigenvalue weighted by Gasteiger charge is 2.42. The minimum absolute atomic E-state index is 0.179. The maximum atomic E-state index is 8.80. The van der Waals surface area contributed by atoms with Gasteiger partial charge in [0.25, 0.3) is 0 Å². The van der Waals surface area contributed by atoms with Crippen LogP contribution < -0.4 is 0 Å². The SMILES string of the molecule is COC(Cn1nnnc1SCC1(CC#N)CC1)OC. The summed E-state index contributed by atoms with van der Waals surface area (Å²) in [6, 6.07) is 2.25. The maximum Gasteiger partial charge on any atom is 0.209 e. The van der Waals surface area contributed by atoms with E-state index in [0.717, 1.165) is 23.8 Å². The molecule has 1 heterocycles. The Morgan fingerprint density at radius 2 is 2.21 bits per heavy atom. The number of rotatable bonds is 8. The molecule has 19 heavy (non-hydrogen) atoms. The van der Waals surface area contributed by atoms with Gasteiger partial charge in [-0.05, 0) is 28.7 Å². The number of nitrogens with zero attached hydrogens (tertiary/aromatic N) is 5. The molecular formula is C11H17N5O2S. The van der Waals surface area contributed by atoms with Crippen molar-refractivity contribution in [2.24, 2.45) is 5.41 Å². The van der Waals surface area contributed by atoms with Crippen molar-refractivity contribution in [1.29, 1.82) is 5.26 Å². The van der Waals surface area contributed by atoms with Crippen molar-refractivity contribution in [2.75, 3.05) is 20.0 Å². The van der Waals surface area contributed by atoms with E-state index < -0.39 is 0 Å². The lowest BCUT2D eigenvalue weighted by atomic mass is 10.1. The molecule has 0 aromatic carbocycles. The molecule has 1 fully saturated rings. The monoisotopic (exact) mass is 283 g/mol. The lowest BCUT2D eigenvalue weighted by Crippen LogP contribution is -2.22. The summed E-state index contributed by atoms with van der Waals surface area (Å²) >= 11 is 1.59. The Morgan fingerprint density at radius 3 is 2.79 bits per heavy atom. The first kappa shape index (κ1) is 14.2. The first-order chi connectivity index (χ1) is 9.23. The number of methoxy groups -OCH3 is 2. The fourth-order valence-electron chi connectivity index (χ4n) is 1.74. The molecule has 1 saturated carbocycles. The number of ether oxygens (including phenoxy) is 2. The molecule has 0 radical (unpaired) electrons. The number of tetrazole rings is 1. The van der Waals surface area contributed by atoms with Gasteiger partial charge in [-0.1, -0.05) is 11.8 Å². The molecule has 104 valence electrons. The van der Waals surface area contributed by atoms with Crippen molar-refractivity contribution in [1.82, 2.24) is 20.2 Å². The predicted octanol–water partition coefficient (Wildman–Crippen LogP) is 1.08. The molecule has 1 aromatic rings. The van der Waals surface area contributed by atoms with Gasteiger partial charge < -0.3 is 9.47 Å². The molecular weight excluding hydrogens is 266 g/mol. The summed E-state index contributed by atoms with van der Waals surface area (Å²) in [5.74, 6) is 0.881. The Bertz CT molecular complexity index is 450. The molecule has 7 nitrogen and oxygen atoms in total. The Labute approximate surface area is 116 Å². The number of hydrogen-bond acceptors (Lipinski definition) is 7. The fraction of sp³-hybridized carbons (Fsp3) is 0.818. The van der Waals surface area contributed by atoms with Crippen LogP contribution in [0.2, 0.25) is 0 Å². The second-order valence-corrected chi connectivity index (χ2v) is 5.61. The Balaban J connectivity index is 1.91. The van der Waals surface area contributed by atoms with E-state index in [9.17, 15) is 0 Å². The van der Waals surface area contributed by atoms with Crippen LogP contribution in [0, 0.1) is 16.7 Å². The Kier molecular flexibility index (Phi) is 4.74. The van der Waals surface area contributed by atoms with E-state index in [2.05, 4.69) is 21.6 Å². The van der Waals surface area contributed by atoms with Crippen molar-refractivity contribution >= 4 is 11.8 Å². The first-order valence-electron chi connectivity index (χ1n) is 6.04. The third-order valence-electron chi connectivity index (χ3n) is 3.27. The van der Waals surface area contributed by atoms with Gasteiger partial charge in [0.1, 0.15) is 0 Å². The van der Waals surface area contributed by atoms with Crippen molar-refractivity contribution in [3.63, 3.8) is 0 Å². The number of hydrogen-bond donors (Lipinski definition) is 0. The van der Waals surface area contributed by atoms with E-state index in [0.29, 0.717) is 13.0 Å². The lowest BCUT2D eigenvalue weighted by molar-refractivity contribution is -0.113. The number of nitriles is 1. The zero-order chi connectivity index (χ0) is 13.7. The average molecular weight is 283 g/mol. The van der Waals surface area contributed by atoms with Crippen LogP contribution in [0.25, 0.3) is 0 Å². The van der Waals surface area contributed by atoms with E-state index in [1.165, 1.54) is 0 Å². The minimum atomic E-state index is -0.364. The second kappa shape index (κ2) is 6.32. The van der Waals surface area contributed by atoms with Gasteiger partial charge in [0.05, 0.1) is 12.6 Å². The highest BCUT2D eigenvalue weighted by atomic mass is 32.2. The van der Waals surface area contributed by atoms with Crippen molar-refractivity contribution < 1.29 is 9.47 Å². The van der Waals surface area contributed by atoms with Gasteiger partial charge in [-0.2, -0.15) is 5.26 Å². The Morgan fingerprint density at radius 1 is 1.47 bits per heavy atom. The van der Waals surface area contributed by atoms with Gasteiger partial charge in [0.2, 0.25) is 5.16 Å². The van der Waals surface area contributed by atoms with Crippen molar-refractivity contribution in [3.8, 4) is 6.07 Å². The van der Waals surface area contributed by atoms with E-state index in [1.54, 1.807) is 30.7 Å². The van der Waals surface area contributed by atoms with E-state index in [4.69, 9.17) is 14.7 Å². The molecule has 0 bridgehead atoms. The molecule has 0 spiro atoms. The summed E-state index contributed by atoms with van der Waals surface area (Å²) in [4.78, 5) is 0. The van der Waals surface area contributed by atoms with Crippen molar-refractivity contribution in [2.45, 2.75) is 37.3 Å². The second-order valence-electron chi connectivity index (χ2n) is 4.67. The average Bonchev–Trinajstić information content (AvgIpc) is 3.04. The van der Waals surface area contributed by atoms with Gasteiger partial charge in [-0.15, -0.1) is 5.10 Å². The summed E-state index contributed by atoms with van der Waals surface area (Å²) in [6.45, 7) is 0.452. The predicted molar refractivity (Wildman–Crippen MR) is 68.2 cm³/mol. The topological polar surface area (TPSA) is 85.9 Å². The van der Waals surface area contributed by atoms with Gasteiger partial charge in [-0.25, -0.2) is 4.68 Å². The fourth-order valence-corrected chi connectivity index (χ4v) is 2.92. The summed E-state index contributed by atoms with van der Waals surface area (Å²) in [6.07, 6.45) is 2.49. The molecule has 1 aromatic heterocycles. The summed E-state index contributed by atoms with van der Waals surface area (Å²) in [5, 5.41) is 21.1. The molecule has 0 saturated heterocycles. The van der Waals surface area contributed by atoms with Gasteiger partial charge in [0, 0.05) is 26.4 Å². The quantitative estimate of drug-likeness (QED) is 0.521. The van der Waals surface area contributed by atoms with Crippen molar-refractivity contribution in [3.05, 3.63) is 0 Å². The summed E-state index contributed by atoms with van der Waals surface area (Å²) < 4.78 is 11.9. The smallest absolute Gasteiger partial charge is 0.209 e. The number of aromatic nitrogens is 4. The first-order valence-corrected chi connectivity index (χ1v) is 7.03. The van der Waals surface area contributed by atoms with Crippen LogP contribution in [0.5, 0.6) is 0 Å². The molecule has 8 heteroatoms. The summed E-state index contributed by atoms with van der Waals surface area (Å²) in [7, 11) is 3.16. The molecule has 1 aliphatic rings. The maximum absolute atomic E-state index is 8.80. The van der Waals surface area contributed by atoms with Crippen LogP contribution in [-0.2, 0) is 16.0 Å². The van der Waals surface area contributed by atoms with Crippen LogP contribution in [0.15, 0.2) is 5.16 Å². The third kappa shape index (κ3) is 3.65. The zero-order valence-electron chi connectivity index (χ0n) is 11.1. The highest BCUT2D eigenvalue weighted by molar-refractivity contribution is 7.99. The largest absolute Gasteiger partial charge is 0.354 e. The summed E-state index contributed by atoms with van der Waals surface area (Å²) in [5.41, 5.74) is 0.179. The van der Waals surface area contributed by atoms with Gasteiger partial charge in [0.15, 0.2) is 6.29 Å². The van der Waals surface area contributed by atoms with E-state index >= 15 is 0 Å². The number of thioether (sulfide) groups is 1. The van der Waals surface area contributed by atoms with Crippen LogP contribution in [0.1, 0.15) is 19.3 Å². The molecule has 0 N–H and O–H groups in total. The Hall–Kier alpha value is -1.17. The van der Waals surface area contributed by atoms with E-state index in [1.807, 2.05) is 0 Å². The normalized spacial score (nSPS) is 16.5. The van der Waals surface area contributed by atoms with Crippen LogP contribution in [0.4, 0.5) is 0 Å². The van der Waals surface area contributed by atoms with E-state index in [-0.39, 0.29) is 11.7 Å². The van der Waals surface area contributed by atoms with Crippen LogP contribution >= 0.6 is 11.8 Å². The standard InChI is InChI=1S/C11H17N5O2S/c1-17-9(18-2)7-16-10(13-14-15-16)19-8-11(3-4-11)5-6-12/h9H,3-5,7-8H2,1-2H3. The molecule has 0 amide bonds.